The molecule has 3 heteroatoms. The van der Waals surface area contributed by atoms with Crippen LogP contribution in [0.25, 0.3) is 0 Å². The molecule has 0 aromatic rings. The van der Waals surface area contributed by atoms with Crippen LogP contribution >= 0.6 is 0 Å². The highest BCUT2D eigenvalue weighted by molar-refractivity contribution is 5.86. The molecule has 3 nitrogen and oxygen atoms in total. The number of unbranched alkanes of at least 4 members (excludes halogenated alkanes) is 9. The van der Waals surface area contributed by atoms with Gasteiger partial charge in [-0.15, -0.1) is 0 Å². The number of ether oxygens (including phenoxy) is 1. The zero-order valence-corrected chi connectivity index (χ0v) is 13.4. The molecule has 0 spiro atoms. The molecule has 0 unspecified atom stereocenters. The van der Waals surface area contributed by atoms with E-state index < -0.39 is 6.10 Å². The number of allylic oxidation sites excluding steroid dienone is 1. The predicted octanol–water partition coefficient (Wildman–Crippen LogP) is 4.66. The van der Waals surface area contributed by atoms with Crippen molar-refractivity contribution in [3.63, 3.8) is 0 Å². The molecule has 0 radical (unpaired) electrons. The fraction of sp³-hybridized carbons (Fsp3) is 0.722. The van der Waals surface area contributed by atoms with E-state index in [0.717, 1.165) is 12.8 Å². The van der Waals surface area contributed by atoms with Gasteiger partial charge in [0.1, 0.15) is 5.76 Å². The second-order valence-electron chi connectivity index (χ2n) is 5.86. The standard InChI is InChI=1S/C18H30O3/c1-2-3-4-5-6-7-8-9-10-11-12-16(19)15-17-13-14-18(20)21-17/h13-16,19H,2-12H2,1H3/b17-15+/t16-/m1/s1. The van der Waals surface area contributed by atoms with E-state index in [0.29, 0.717) is 5.76 Å². The van der Waals surface area contributed by atoms with Gasteiger partial charge >= 0.3 is 5.97 Å². The van der Waals surface area contributed by atoms with E-state index in [1.807, 2.05) is 0 Å². The van der Waals surface area contributed by atoms with Gasteiger partial charge in [0.05, 0.1) is 6.10 Å². The quantitative estimate of drug-likeness (QED) is 0.421. The Labute approximate surface area is 129 Å². The van der Waals surface area contributed by atoms with Crippen molar-refractivity contribution in [2.45, 2.75) is 83.7 Å². The molecule has 21 heavy (non-hydrogen) atoms. The summed E-state index contributed by atoms with van der Waals surface area (Å²) in [6, 6.07) is 0. The van der Waals surface area contributed by atoms with Crippen molar-refractivity contribution in [1.29, 1.82) is 0 Å². The summed E-state index contributed by atoms with van der Waals surface area (Å²) in [7, 11) is 0. The first-order chi connectivity index (χ1) is 10.2. The lowest BCUT2D eigenvalue weighted by Gasteiger charge is -2.06. The summed E-state index contributed by atoms with van der Waals surface area (Å²) in [5, 5.41) is 9.82. The molecular weight excluding hydrogens is 264 g/mol. The largest absolute Gasteiger partial charge is 0.424 e. The van der Waals surface area contributed by atoms with Crippen molar-refractivity contribution in [3.05, 3.63) is 24.0 Å². The first-order valence-electron chi connectivity index (χ1n) is 8.52. The van der Waals surface area contributed by atoms with Crippen LogP contribution in [0.2, 0.25) is 0 Å². The van der Waals surface area contributed by atoms with E-state index in [1.54, 1.807) is 12.2 Å². The number of cyclic esters (lactones) is 1. The summed E-state index contributed by atoms with van der Waals surface area (Å²) in [4.78, 5) is 10.8. The van der Waals surface area contributed by atoms with E-state index >= 15 is 0 Å². The molecule has 0 bridgehead atoms. The Balaban J connectivity index is 1.90. The molecule has 1 N–H and O–H groups in total. The third-order valence-electron chi connectivity index (χ3n) is 3.81. The molecule has 1 aliphatic rings. The first-order valence-corrected chi connectivity index (χ1v) is 8.52. The highest BCUT2D eigenvalue weighted by atomic mass is 16.5. The molecule has 0 amide bonds. The first kappa shape index (κ1) is 18.0. The van der Waals surface area contributed by atoms with E-state index in [4.69, 9.17) is 4.74 Å². The third-order valence-corrected chi connectivity index (χ3v) is 3.81. The van der Waals surface area contributed by atoms with Gasteiger partial charge in [-0.25, -0.2) is 4.79 Å². The Morgan fingerprint density at radius 2 is 1.57 bits per heavy atom. The summed E-state index contributed by atoms with van der Waals surface area (Å²) in [5.74, 6) is 0.118. The van der Waals surface area contributed by atoms with Crippen molar-refractivity contribution in [1.82, 2.24) is 0 Å². The van der Waals surface area contributed by atoms with Gasteiger partial charge in [0.2, 0.25) is 0 Å². The van der Waals surface area contributed by atoms with E-state index in [9.17, 15) is 9.90 Å². The Morgan fingerprint density at radius 3 is 2.10 bits per heavy atom. The van der Waals surface area contributed by atoms with Gasteiger partial charge in [-0.2, -0.15) is 0 Å². The maximum absolute atomic E-state index is 10.8. The molecule has 0 saturated heterocycles. The van der Waals surface area contributed by atoms with Gasteiger partial charge in [-0.1, -0.05) is 71.1 Å². The van der Waals surface area contributed by atoms with E-state index in [-0.39, 0.29) is 5.97 Å². The summed E-state index contributed by atoms with van der Waals surface area (Å²) in [6.45, 7) is 2.25. The number of hydrogen-bond acceptors (Lipinski definition) is 3. The Bertz CT molecular complexity index is 344. The smallest absolute Gasteiger partial charge is 0.336 e. The lowest BCUT2D eigenvalue weighted by molar-refractivity contribution is -0.132. The van der Waals surface area contributed by atoms with Crippen LogP contribution in [-0.2, 0) is 9.53 Å². The van der Waals surface area contributed by atoms with E-state index in [1.165, 1.54) is 63.9 Å². The van der Waals surface area contributed by atoms with Crippen molar-refractivity contribution in [2.75, 3.05) is 0 Å². The second-order valence-corrected chi connectivity index (χ2v) is 5.86. The maximum atomic E-state index is 10.8. The van der Waals surface area contributed by atoms with Crippen LogP contribution in [0.5, 0.6) is 0 Å². The summed E-state index contributed by atoms with van der Waals surface area (Å²) >= 11 is 0. The predicted molar refractivity (Wildman–Crippen MR) is 85.8 cm³/mol. The molecular formula is C18H30O3. The maximum Gasteiger partial charge on any atom is 0.336 e. The van der Waals surface area contributed by atoms with Crippen LogP contribution in [0.1, 0.15) is 77.6 Å². The van der Waals surface area contributed by atoms with Crippen LogP contribution < -0.4 is 0 Å². The molecule has 0 aromatic carbocycles. The SMILES string of the molecule is CCCCCCCCCCCC[C@@H](O)/C=C1\C=CC(=O)O1. The van der Waals surface area contributed by atoms with Gasteiger partial charge in [0, 0.05) is 6.08 Å². The molecule has 0 fully saturated rings. The van der Waals surface area contributed by atoms with Crippen molar-refractivity contribution < 1.29 is 14.6 Å². The molecule has 0 aliphatic carbocycles. The number of aliphatic hydroxyl groups excluding tert-OH is 1. The fourth-order valence-electron chi connectivity index (χ4n) is 2.54. The fourth-order valence-corrected chi connectivity index (χ4v) is 2.54. The van der Waals surface area contributed by atoms with Crippen LogP contribution in [0.15, 0.2) is 24.0 Å². The highest BCUT2D eigenvalue weighted by Crippen LogP contribution is 2.14. The second kappa shape index (κ2) is 11.6. The van der Waals surface area contributed by atoms with Crippen LogP contribution in [0.3, 0.4) is 0 Å². The average Bonchev–Trinajstić information content (AvgIpc) is 2.86. The van der Waals surface area contributed by atoms with Crippen LogP contribution in [-0.4, -0.2) is 17.2 Å². The lowest BCUT2D eigenvalue weighted by Crippen LogP contribution is -2.04. The molecule has 1 atom stereocenters. The number of hydrogen-bond donors (Lipinski definition) is 1. The normalized spacial score (nSPS) is 17.4. The van der Waals surface area contributed by atoms with Crippen LogP contribution in [0, 0.1) is 0 Å². The van der Waals surface area contributed by atoms with Gasteiger partial charge in [0.15, 0.2) is 0 Å². The van der Waals surface area contributed by atoms with Gasteiger partial charge < -0.3 is 9.84 Å². The molecule has 0 saturated carbocycles. The minimum atomic E-state index is -0.510. The van der Waals surface area contributed by atoms with Crippen molar-refractivity contribution >= 4 is 5.97 Å². The number of carbonyl (C=O) groups is 1. The Morgan fingerprint density at radius 1 is 1.00 bits per heavy atom. The monoisotopic (exact) mass is 294 g/mol. The summed E-state index contributed by atoms with van der Waals surface area (Å²) in [5.41, 5.74) is 0. The van der Waals surface area contributed by atoms with Gasteiger partial charge in [0.25, 0.3) is 0 Å². The van der Waals surface area contributed by atoms with Crippen molar-refractivity contribution in [2.24, 2.45) is 0 Å². The zero-order chi connectivity index (χ0) is 15.3. The van der Waals surface area contributed by atoms with Crippen molar-refractivity contribution in [3.8, 4) is 0 Å². The van der Waals surface area contributed by atoms with Gasteiger partial charge in [-0.05, 0) is 18.6 Å². The topological polar surface area (TPSA) is 46.5 Å². The summed E-state index contributed by atoms with van der Waals surface area (Å²) < 4.78 is 4.88. The molecule has 1 aliphatic heterocycles. The average molecular weight is 294 g/mol. The molecule has 120 valence electrons. The minimum Gasteiger partial charge on any atom is -0.424 e. The number of esters is 1. The summed E-state index contributed by atoms with van der Waals surface area (Å²) in [6.07, 6.45) is 17.8. The molecule has 0 aromatic heterocycles. The molecule has 1 rings (SSSR count). The van der Waals surface area contributed by atoms with Crippen LogP contribution in [0.4, 0.5) is 0 Å². The number of aliphatic hydroxyl groups is 1. The minimum absolute atomic E-state index is 0.354. The third kappa shape index (κ3) is 9.46. The Kier molecular flexibility index (Phi) is 9.88. The lowest BCUT2D eigenvalue weighted by atomic mass is 10.0. The number of rotatable bonds is 12. The number of carbonyl (C=O) groups excluding carboxylic acids is 1. The Hall–Kier alpha value is -1.09. The highest BCUT2D eigenvalue weighted by Gasteiger charge is 2.11. The zero-order valence-electron chi connectivity index (χ0n) is 13.4. The molecule has 1 heterocycles. The van der Waals surface area contributed by atoms with E-state index in [2.05, 4.69) is 6.92 Å². The van der Waals surface area contributed by atoms with Gasteiger partial charge in [-0.3, -0.25) is 0 Å².